The van der Waals surface area contributed by atoms with Gasteiger partial charge < -0.3 is 9.73 Å². The Morgan fingerprint density at radius 2 is 2.23 bits per heavy atom. The number of hydrogen-bond acceptors (Lipinski definition) is 4. The molecule has 0 spiro atoms. The number of amides is 1. The molecular formula is C15H13ClN2O4. The van der Waals surface area contributed by atoms with Gasteiger partial charge >= 0.3 is 0 Å². The van der Waals surface area contributed by atoms with Gasteiger partial charge in [-0.2, -0.15) is 0 Å². The van der Waals surface area contributed by atoms with E-state index in [0.29, 0.717) is 0 Å². The van der Waals surface area contributed by atoms with Gasteiger partial charge in [-0.05, 0) is 25.0 Å². The van der Waals surface area contributed by atoms with Crippen LogP contribution < -0.4 is 5.32 Å². The van der Waals surface area contributed by atoms with Gasteiger partial charge in [0.15, 0.2) is 0 Å². The second-order valence-electron chi connectivity index (χ2n) is 5.11. The Morgan fingerprint density at radius 1 is 1.41 bits per heavy atom. The molecule has 0 saturated heterocycles. The molecule has 114 valence electrons. The minimum Gasteiger partial charge on any atom is -0.469 e. The molecule has 1 N–H and O–H groups in total. The van der Waals surface area contributed by atoms with Crippen molar-refractivity contribution in [3.8, 4) is 0 Å². The maximum absolute atomic E-state index is 12.5. The molecule has 2 aromatic rings. The summed E-state index contributed by atoms with van der Waals surface area (Å²) in [6.45, 7) is 0. The Balaban J connectivity index is 1.90. The first-order chi connectivity index (χ1) is 10.6. The number of carbonyl (C=O) groups is 1. The fourth-order valence-corrected chi connectivity index (χ4v) is 3.01. The monoisotopic (exact) mass is 320 g/mol. The number of aryl methyl sites for hydroxylation is 1. The van der Waals surface area contributed by atoms with E-state index in [-0.39, 0.29) is 22.3 Å². The molecule has 6 nitrogen and oxygen atoms in total. The third-order valence-electron chi connectivity index (χ3n) is 3.77. The number of nitrogens with one attached hydrogen (secondary N) is 1. The van der Waals surface area contributed by atoms with Crippen molar-refractivity contribution in [1.29, 1.82) is 0 Å². The largest absolute Gasteiger partial charge is 0.469 e. The summed E-state index contributed by atoms with van der Waals surface area (Å²) in [6, 6.07) is 5.79. The Morgan fingerprint density at radius 3 is 3.00 bits per heavy atom. The number of carbonyl (C=O) groups excluding carboxylic acids is 1. The molecule has 1 heterocycles. The molecule has 1 aromatic heterocycles. The van der Waals surface area contributed by atoms with E-state index in [1.165, 1.54) is 18.2 Å². The zero-order chi connectivity index (χ0) is 15.7. The van der Waals surface area contributed by atoms with E-state index in [9.17, 15) is 14.9 Å². The van der Waals surface area contributed by atoms with Crippen LogP contribution in [0.2, 0.25) is 5.02 Å². The first-order valence-electron chi connectivity index (χ1n) is 6.88. The zero-order valence-electron chi connectivity index (χ0n) is 11.5. The number of fused-ring (bicyclic) bond motifs is 1. The van der Waals surface area contributed by atoms with Crippen LogP contribution in [0.3, 0.4) is 0 Å². The number of nitro benzene ring substituents is 1. The predicted molar refractivity (Wildman–Crippen MR) is 80.0 cm³/mol. The molecule has 0 radical (unpaired) electrons. The zero-order valence-corrected chi connectivity index (χ0v) is 12.3. The second kappa shape index (κ2) is 5.81. The number of benzene rings is 1. The molecule has 1 aromatic carbocycles. The van der Waals surface area contributed by atoms with E-state index in [0.717, 1.165) is 30.6 Å². The second-order valence-corrected chi connectivity index (χ2v) is 5.52. The van der Waals surface area contributed by atoms with Crippen LogP contribution in [0, 0.1) is 10.1 Å². The van der Waals surface area contributed by atoms with E-state index >= 15 is 0 Å². The molecule has 1 atom stereocenters. The van der Waals surface area contributed by atoms with Crippen molar-refractivity contribution >= 4 is 23.2 Å². The highest BCUT2D eigenvalue weighted by Crippen LogP contribution is 2.32. The summed E-state index contributed by atoms with van der Waals surface area (Å²) in [5.74, 6) is 0.307. The van der Waals surface area contributed by atoms with Crippen LogP contribution in [-0.4, -0.2) is 10.8 Å². The highest BCUT2D eigenvalue weighted by atomic mass is 35.5. The number of nitro groups is 1. The van der Waals surface area contributed by atoms with Crippen LogP contribution in [0.1, 0.15) is 40.6 Å². The fourth-order valence-electron chi connectivity index (χ4n) is 2.76. The van der Waals surface area contributed by atoms with Crippen molar-refractivity contribution in [3.63, 3.8) is 0 Å². The molecule has 0 bridgehead atoms. The summed E-state index contributed by atoms with van der Waals surface area (Å²) in [4.78, 5) is 22.9. The normalized spacial score (nSPS) is 16.9. The smallest absolute Gasteiger partial charge is 0.283 e. The molecule has 1 aliphatic carbocycles. The van der Waals surface area contributed by atoms with Gasteiger partial charge in [0.05, 0.1) is 22.3 Å². The predicted octanol–water partition coefficient (Wildman–Crippen LogP) is 3.65. The van der Waals surface area contributed by atoms with Crippen LogP contribution in [0.4, 0.5) is 5.69 Å². The van der Waals surface area contributed by atoms with Crippen LogP contribution in [-0.2, 0) is 6.42 Å². The number of hydrogen-bond donors (Lipinski definition) is 1. The number of rotatable bonds is 3. The SMILES string of the molecule is O=C(NC1CCCc2occc21)c1c(Cl)cccc1[N+](=O)[O-]. The van der Waals surface area contributed by atoms with Gasteiger partial charge in [0.25, 0.3) is 11.6 Å². The molecule has 7 heteroatoms. The number of furan rings is 1. The van der Waals surface area contributed by atoms with Crippen molar-refractivity contribution in [3.05, 3.63) is 62.6 Å². The topological polar surface area (TPSA) is 85.4 Å². The van der Waals surface area contributed by atoms with E-state index in [2.05, 4.69) is 5.32 Å². The summed E-state index contributed by atoms with van der Waals surface area (Å²) in [6.07, 6.45) is 4.07. The van der Waals surface area contributed by atoms with Crippen LogP contribution in [0.25, 0.3) is 0 Å². The molecule has 0 aliphatic heterocycles. The lowest BCUT2D eigenvalue weighted by molar-refractivity contribution is -0.385. The average molecular weight is 321 g/mol. The van der Waals surface area contributed by atoms with Gasteiger partial charge in [-0.25, -0.2) is 0 Å². The number of halogens is 1. The third kappa shape index (κ3) is 2.57. The summed E-state index contributed by atoms with van der Waals surface area (Å²) in [7, 11) is 0. The third-order valence-corrected chi connectivity index (χ3v) is 4.09. The quantitative estimate of drug-likeness (QED) is 0.691. The van der Waals surface area contributed by atoms with Gasteiger partial charge in [0.1, 0.15) is 11.3 Å². The lowest BCUT2D eigenvalue weighted by atomic mass is 9.93. The maximum atomic E-state index is 12.5. The highest BCUT2D eigenvalue weighted by Gasteiger charge is 2.28. The van der Waals surface area contributed by atoms with Crippen molar-refractivity contribution in [2.45, 2.75) is 25.3 Å². The molecule has 0 fully saturated rings. The minimum atomic E-state index is -0.606. The van der Waals surface area contributed by atoms with Gasteiger partial charge in [-0.1, -0.05) is 17.7 Å². The summed E-state index contributed by atoms with van der Waals surface area (Å²) >= 11 is 5.98. The summed E-state index contributed by atoms with van der Waals surface area (Å²) in [5, 5.41) is 14.0. The molecule has 22 heavy (non-hydrogen) atoms. The van der Waals surface area contributed by atoms with Crippen LogP contribution in [0.5, 0.6) is 0 Å². The lowest BCUT2D eigenvalue weighted by Crippen LogP contribution is -2.31. The molecule has 1 aliphatic rings. The summed E-state index contributed by atoms with van der Waals surface area (Å²) < 4.78 is 5.37. The summed E-state index contributed by atoms with van der Waals surface area (Å²) in [5.41, 5.74) is 0.521. The molecule has 0 saturated carbocycles. The van der Waals surface area contributed by atoms with Crippen molar-refractivity contribution in [1.82, 2.24) is 5.32 Å². The Kier molecular flexibility index (Phi) is 3.85. The first-order valence-corrected chi connectivity index (χ1v) is 7.25. The molecule has 3 rings (SSSR count). The van der Waals surface area contributed by atoms with Gasteiger partial charge in [-0.3, -0.25) is 14.9 Å². The first kappa shape index (κ1) is 14.6. The maximum Gasteiger partial charge on any atom is 0.283 e. The van der Waals surface area contributed by atoms with Crippen LogP contribution in [0.15, 0.2) is 34.9 Å². The van der Waals surface area contributed by atoms with E-state index < -0.39 is 10.8 Å². The van der Waals surface area contributed by atoms with Gasteiger partial charge in [0.2, 0.25) is 0 Å². The van der Waals surface area contributed by atoms with Gasteiger partial charge in [-0.15, -0.1) is 0 Å². The van der Waals surface area contributed by atoms with Crippen molar-refractivity contribution < 1.29 is 14.1 Å². The van der Waals surface area contributed by atoms with E-state index in [1.807, 2.05) is 6.07 Å². The van der Waals surface area contributed by atoms with Crippen LogP contribution >= 0.6 is 11.6 Å². The Hall–Kier alpha value is -2.34. The van der Waals surface area contributed by atoms with Gasteiger partial charge in [0, 0.05) is 18.1 Å². The molecule has 1 unspecified atom stereocenters. The molecule has 1 amide bonds. The van der Waals surface area contributed by atoms with Crippen molar-refractivity contribution in [2.75, 3.05) is 0 Å². The number of nitrogens with zero attached hydrogens (tertiary/aromatic N) is 1. The molecular weight excluding hydrogens is 308 g/mol. The van der Waals surface area contributed by atoms with E-state index in [4.69, 9.17) is 16.0 Å². The standard InChI is InChI=1S/C15H13ClN2O4/c16-10-3-1-5-12(18(20)21)14(10)15(19)17-11-4-2-6-13-9(11)7-8-22-13/h1,3,5,7-8,11H,2,4,6H2,(H,17,19). The average Bonchev–Trinajstić information content (AvgIpc) is 2.96. The lowest BCUT2D eigenvalue weighted by Gasteiger charge is -2.22. The Bertz CT molecular complexity index is 741. The van der Waals surface area contributed by atoms with E-state index in [1.54, 1.807) is 6.26 Å². The fraction of sp³-hybridized carbons (Fsp3) is 0.267. The van der Waals surface area contributed by atoms with Crippen molar-refractivity contribution in [2.24, 2.45) is 0 Å². The Labute approximate surface area is 131 Å². The highest BCUT2D eigenvalue weighted by molar-refractivity contribution is 6.34. The minimum absolute atomic E-state index is 0.0647.